The van der Waals surface area contributed by atoms with Crippen molar-refractivity contribution in [1.29, 1.82) is 0 Å². The van der Waals surface area contributed by atoms with Crippen LogP contribution in [0.5, 0.6) is 0 Å². The molecule has 0 spiro atoms. The van der Waals surface area contributed by atoms with E-state index in [9.17, 15) is 5.11 Å². The summed E-state index contributed by atoms with van der Waals surface area (Å²) < 4.78 is 5.11. The van der Waals surface area contributed by atoms with Gasteiger partial charge in [0.25, 0.3) is 0 Å². The van der Waals surface area contributed by atoms with Gasteiger partial charge in [-0.3, -0.25) is 4.98 Å². The topological polar surface area (TPSA) is 72.0 Å². The lowest BCUT2D eigenvalue weighted by Gasteiger charge is -2.09. The summed E-state index contributed by atoms with van der Waals surface area (Å²) in [6.07, 6.45) is 2.18. The van der Waals surface area contributed by atoms with Gasteiger partial charge in [-0.15, -0.1) is 0 Å². The number of rotatable bonds is 5. The first-order chi connectivity index (χ1) is 9.06. The lowest BCUT2D eigenvalue weighted by molar-refractivity contribution is 0.138. The van der Waals surface area contributed by atoms with Crippen LogP contribution in [-0.2, 0) is 6.42 Å². The fourth-order valence-corrected chi connectivity index (χ4v) is 2.02. The van der Waals surface area contributed by atoms with Crippen molar-refractivity contribution in [1.82, 2.24) is 15.1 Å². The van der Waals surface area contributed by atoms with Crippen molar-refractivity contribution in [3.05, 3.63) is 29.2 Å². The molecule has 2 rings (SSSR count). The highest BCUT2D eigenvalue weighted by atomic mass is 35.5. The average Bonchev–Trinajstić information content (AvgIpc) is 2.76. The lowest BCUT2D eigenvalue weighted by atomic mass is 10.0. The smallest absolute Gasteiger partial charge is 0.229 e. The molecule has 6 heteroatoms. The number of nitrogens with zero attached hydrogens (tertiary/aromatic N) is 3. The van der Waals surface area contributed by atoms with Gasteiger partial charge in [0.1, 0.15) is 5.69 Å². The highest BCUT2D eigenvalue weighted by molar-refractivity contribution is 6.32. The Morgan fingerprint density at radius 1 is 1.42 bits per heavy atom. The maximum absolute atomic E-state index is 9.84. The minimum atomic E-state index is -0.479. The summed E-state index contributed by atoms with van der Waals surface area (Å²) in [5.41, 5.74) is 0.484. The van der Waals surface area contributed by atoms with Crippen molar-refractivity contribution >= 4 is 11.6 Å². The van der Waals surface area contributed by atoms with Crippen LogP contribution in [0.2, 0.25) is 5.02 Å². The normalized spacial score (nSPS) is 12.9. The van der Waals surface area contributed by atoms with E-state index in [1.165, 1.54) is 0 Å². The summed E-state index contributed by atoms with van der Waals surface area (Å²) in [6.45, 7) is 4.10. The van der Waals surface area contributed by atoms with E-state index in [-0.39, 0.29) is 0 Å². The molecule has 19 heavy (non-hydrogen) atoms. The van der Waals surface area contributed by atoms with Gasteiger partial charge in [-0.1, -0.05) is 30.6 Å². The van der Waals surface area contributed by atoms with Gasteiger partial charge in [0, 0.05) is 6.20 Å². The number of hydrogen-bond donors (Lipinski definition) is 1. The Labute approximate surface area is 116 Å². The van der Waals surface area contributed by atoms with E-state index in [1.807, 2.05) is 0 Å². The molecule has 1 atom stereocenters. The molecule has 2 aromatic rings. The van der Waals surface area contributed by atoms with Gasteiger partial charge < -0.3 is 9.63 Å². The van der Waals surface area contributed by atoms with Crippen LogP contribution in [0.3, 0.4) is 0 Å². The summed E-state index contributed by atoms with van der Waals surface area (Å²) in [5.74, 6) is 1.16. The Hall–Kier alpha value is -1.46. The summed E-state index contributed by atoms with van der Waals surface area (Å²) in [6, 6.07) is 3.45. The second-order valence-electron chi connectivity index (χ2n) is 4.83. The molecule has 2 aromatic heterocycles. The summed E-state index contributed by atoms with van der Waals surface area (Å²) in [4.78, 5) is 8.31. The maximum atomic E-state index is 9.84. The van der Waals surface area contributed by atoms with Crippen LogP contribution in [0.1, 0.15) is 26.2 Å². The van der Waals surface area contributed by atoms with E-state index in [2.05, 4.69) is 29.0 Å². The largest absolute Gasteiger partial charge is 0.393 e. The Kier molecular flexibility index (Phi) is 4.50. The molecule has 0 aliphatic heterocycles. The second-order valence-corrected chi connectivity index (χ2v) is 5.24. The third kappa shape index (κ3) is 3.75. The molecule has 0 aliphatic rings. The molecular formula is C13H16ClN3O2. The van der Waals surface area contributed by atoms with E-state index < -0.39 is 6.10 Å². The first-order valence-corrected chi connectivity index (χ1v) is 6.55. The molecular weight excluding hydrogens is 266 g/mol. The molecule has 1 N–H and O–H groups in total. The number of aliphatic hydroxyl groups excluding tert-OH is 1. The maximum Gasteiger partial charge on any atom is 0.229 e. The van der Waals surface area contributed by atoms with Crippen LogP contribution < -0.4 is 0 Å². The number of pyridine rings is 1. The molecule has 0 aromatic carbocycles. The molecule has 5 nitrogen and oxygen atoms in total. The number of aromatic nitrogens is 3. The fourth-order valence-electron chi connectivity index (χ4n) is 1.81. The van der Waals surface area contributed by atoms with Crippen LogP contribution in [-0.4, -0.2) is 26.3 Å². The summed E-state index contributed by atoms with van der Waals surface area (Å²) in [7, 11) is 0. The van der Waals surface area contributed by atoms with Crippen LogP contribution in [0.4, 0.5) is 0 Å². The van der Waals surface area contributed by atoms with Crippen molar-refractivity contribution in [2.75, 3.05) is 0 Å². The summed E-state index contributed by atoms with van der Waals surface area (Å²) in [5, 5.41) is 14.1. The lowest BCUT2D eigenvalue weighted by Crippen LogP contribution is -2.13. The summed E-state index contributed by atoms with van der Waals surface area (Å²) >= 11 is 6.01. The van der Waals surface area contributed by atoms with Crippen LogP contribution in [0, 0.1) is 5.92 Å². The second kappa shape index (κ2) is 6.12. The van der Waals surface area contributed by atoms with E-state index in [1.54, 1.807) is 18.3 Å². The van der Waals surface area contributed by atoms with Crippen LogP contribution in [0.25, 0.3) is 11.5 Å². The predicted molar refractivity (Wildman–Crippen MR) is 71.7 cm³/mol. The van der Waals surface area contributed by atoms with Gasteiger partial charge in [0.15, 0.2) is 0 Å². The van der Waals surface area contributed by atoms with Gasteiger partial charge in [0.05, 0.1) is 17.5 Å². The van der Waals surface area contributed by atoms with Crippen molar-refractivity contribution in [3.63, 3.8) is 0 Å². The first-order valence-electron chi connectivity index (χ1n) is 6.17. The van der Waals surface area contributed by atoms with Crippen LogP contribution in [0.15, 0.2) is 22.9 Å². The van der Waals surface area contributed by atoms with Gasteiger partial charge in [-0.2, -0.15) is 4.98 Å². The van der Waals surface area contributed by atoms with E-state index in [0.717, 1.165) is 0 Å². The van der Waals surface area contributed by atoms with Gasteiger partial charge in [-0.05, 0) is 24.5 Å². The molecule has 0 saturated carbocycles. The minimum Gasteiger partial charge on any atom is -0.393 e. The van der Waals surface area contributed by atoms with Crippen LogP contribution >= 0.6 is 11.6 Å². The highest BCUT2D eigenvalue weighted by Crippen LogP contribution is 2.22. The fraction of sp³-hybridized carbons (Fsp3) is 0.462. The van der Waals surface area contributed by atoms with Crippen molar-refractivity contribution in [2.45, 2.75) is 32.8 Å². The number of aliphatic hydroxyl groups is 1. The monoisotopic (exact) mass is 281 g/mol. The SMILES string of the molecule is CC(C)CC(O)Cc1nc(-c2ncccc2Cl)no1. The molecule has 0 fully saturated rings. The predicted octanol–water partition coefficient (Wildman–Crippen LogP) is 2.73. The Bertz CT molecular complexity index is 542. The van der Waals surface area contributed by atoms with E-state index >= 15 is 0 Å². The van der Waals surface area contributed by atoms with Gasteiger partial charge >= 0.3 is 0 Å². The molecule has 0 bridgehead atoms. The third-order valence-corrected chi connectivity index (χ3v) is 2.90. The Morgan fingerprint density at radius 2 is 2.21 bits per heavy atom. The Morgan fingerprint density at radius 3 is 2.89 bits per heavy atom. The number of halogens is 1. The zero-order valence-corrected chi connectivity index (χ0v) is 11.6. The van der Waals surface area contributed by atoms with E-state index in [4.69, 9.17) is 16.1 Å². The highest BCUT2D eigenvalue weighted by Gasteiger charge is 2.16. The van der Waals surface area contributed by atoms with Gasteiger partial charge in [0.2, 0.25) is 11.7 Å². The molecule has 0 aliphatic carbocycles. The number of hydrogen-bond acceptors (Lipinski definition) is 5. The van der Waals surface area contributed by atoms with Crippen molar-refractivity contribution < 1.29 is 9.63 Å². The molecule has 0 saturated heterocycles. The third-order valence-electron chi connectivity index (χ3n) is 2.59. The minimum absolute atomic E-state index is 0.343. The zero-order valence-electron chi connectivity index (χ0n) is 10.9. The van der Waals surface area contributed by atoms with E-state index in [0.29, 0.717) is 41.2 Å². The molecule has 2 heterocycles. The zero-order chi connectivity index (χ0) is 13.8. The van der Waals surface area contributed by atoms with Crippen molar-refractivity contribution in [3.8, 4) is 11.5 Å². The Balaban J connectivity index is 2.09. The first kappa shape index (κ1) is 14.0. The molecule has 1 unspecified atom stereocenters. The average molecular weight is 282 g/mol. The van der Waals surface area contributed by atoms with Gasteiger partial charge in [-0.25, -0.2) is 0 Å². The molecule has 102 valence electrons. The molecule has 0 amide bonds. The standard InChI is InChI=1S/C13H16ClN3O2/c1-8(2)6-9(18)7-11-16-13(17-19-11)12-10(14)4-3-5-15-12/h3-5,8-9,18H,6-7H2,1-2H3. The molecule has 0 radical (unpaired) electrons. The quantitative estimate of drug-likeness (QED) is 0.912. The van der Waals surface area contributed by atoms with Crippen molar-refractivity contribution in [2.24, 2.45) is 5.92 Å².